The van der Waals surface area contributed by atoms with E-state index in [1.165, 1.54) is 0 Å². The molecule has 1 aliphatic heterocycles. The molecule has 1 saturated heterocycles. The van der Waals surface area contributed by atoms with Gasteiger partial charge in [0.25, 0.3) is 5.91 Å². The van der Waals surface area contributed by atoms with Crippen LogP contribution in [0.3, 0.4) is 0 Å². The highest BCUT2D eigenvalue weighted by Gasteiger charge is 2.30. The van der Waals surface area contributed by atoms with E-state index in [1.807, 2.05) is 18.7 Å². The van der Waals surface area contributed by atoms with E-state index in [0.29, 0.717) is 11.3 Å². The number of carbonyl (C=O) groups excluding carboxylic acids is 2. The number of nitrogens with one attached hydrogen (secondary N) is 1. The van der Waals surface area contributed by atoms with Crippen LogP contribution in [-0.2, 0) is 4.79 Å². The number of benzene rings is 1. The summed E-state index contributed by atoms with van der Waals surface area (Å²) >= 11 is 0. The Balaban J connectivity index is 2.06. The van der Waals surface area contributed by atoms with E-state index in [-0.39, 0.29) is 17.7 Å². The highest BCUT2D eigenvalue weighted by molar-refractivity contribution is 5.97. The minimum absolute atomic E-state index is 0.0226. The van der Waals surface area contributed by atoms with E-state index in [4.69, 9.17) is 4.74 Å². The molecule has 0 saturated carbocycles. The Hall–Kier alpha value is -2.04. The maximum Gasteiger partial charge on any atom is 0.251 e. The van der Waals surface area contributed by atoms with Crippen LogP contribution in [-0.4, -0.2) is 43.0 Å². The summed E-state index contributed by atoms with van der Waals surface area (Å²) in [5.41, 5.74) is 0.528. The number of rotatable bonds is 5. The lowest BCUT2D eigenvalue weighted by atomic mass is 10.0. The quantitative estimate of drug-likeness (QED) is 0.906. The Bertz CT molecular complexity index is 519. The Kier molecular flexibility index (Phi) is 5.41. The van der Waals surface area contributed by atoms with Gasteiger partial charge in [0.05, 0.1) is 7.11 Å². The molecule has 5 heteroatoms. The fraction of sp³-hybridized carbons (Fsp3) is 0.529. The van der Waals surface area contributed by atoms with Crippen LogP contribution < -0.4 is 10.1 Å². The van der Waals surface area contributed by atoms with Gasteiger partial charge in [-0.05, 0) is 43.0 Å². The van der Waals surface area contributed by atoms with E-state index in [9.17, 15) is 9.59 Å². The summed E-state index contributed by atoms with van der Waals surface area (Å²) < 4.78 is 5.08. The normalized spacial score (nSPS) is 15.7. The van der Waals surface area contributed by atoms with Crippen molar-refractivity contribution in [2.45, 2.75) is 32.7 Å². The van der Waals surface area contributed by atoms with Gasteiger partial charge < -0.3 is 15.0 Å². The molecular weight excluding hydrogens is 280 g/mol. The largest absolute Gasteiger partial charge is 0.497 e. The van der Waals surface area contributed by atoms with Crippen LogP contribution >= 0.6 is 0 Å². The van der Waals surface area contributed by atoms with E-state index in [2.05, 4.69) is 5.32 Å². The summed E-state index contributed by atoms with van der Waals surface area (Å²) in [6.45, 7) is 5.49. The molecule has 120 valence electrons. The van der Waals surface area contributed by atoms with E-state index < -0.39 is 6.04 Å². The number of nitrogens with zero attached hydrogens (tertiary/aromatic N) is 1. The maximum absolute atomic E-state index is 12.5. The third-order valence-corrected chi connectivity index (χ3v) is 3.99. The van der Waals surface area contributed by atoms with Gasteiger partial charge in [-0.15, -0.1) is 0 Å². The number of methoxy groups -OCH3 is 1. The van der Waals surface area contributed by atoms with Crippen molar-refractivity contribution >= 4 is 11.8 Å². The molecule has 0 bridgehead atoms. The smallest absolute Gasteiger partial charge is 0.251 e. The summed E-state index contributed by atoms with van der Waals surface area (Å²) in [7, 11) is 1.58. The second-order valence-corrected chi connectivity index (χ2v) is 5.96. The average Bonchev–Trinajstić information content (AvgIpc) is 3.06. The summed E-state index contributed by atoms with van der Waals surface area (Å²) in [5.74, 6) is 0.545. The van der Waals surface area contributed by atoms with Crippen molar-refractivity contribution < 1.29 is 14.3 Å². The van der Waals surface area contributed by atoms with Gasteiger partial charge in [0.1, 0.15) is 11.8 Å². The van der Waals surface area contributed by atoms with Crippen molar-refractivity contribution in [2.75, 3.05) is 20.2 Å². The average molecular weight is 304 g/mol. The highest BCUT2D eigenvalue weighted by atomic mass is 16.5. The Labute approximate surface area is 131 Å². The molecule has 1 aliphatic rings. The Morgan fingerprint density at radius 2 is 1.73 bits per heavy atom. The van der Waals surface area contributed by atoms with Crippen LogP contribution in [0.2, 0.25) is 0 Å². The van der Waals surface area contributed by atoms with Gasteiger partial charge in [-0.3, -0.25) is 9.59 Å². The van der Waals surface area contributed by atoms with Crippen molar-refractivity contribution in [2.24, 2.45) is 5.92 Å². The minimum atomic E-state index is -0.479. The predicted molar refractivity (Wildman–Crippen MR) is 84.9 cm³/mol. The van der Waals surface area contributed by atoms with Crippen LogP contribution in [0.4, 0.5) is 0 Å². The first kappa shape index (κ1) is 16.3. The molecule has 1 N–H and O–H groups in total. The van der Waals surface area contributed by atoms with Crippen molar-refractivity contribution in [3.63, 3.8) is 0 Å². The molecule has 22 heavy (non-hydrogen) atoms. The van der Waals surface area contributed by atoms with Crippen molar-refractivity contribution in [3.8, 4) is 5.75 Å². The van der Waals surface area contributed by atoms with Gasteiger partial charge in [0.15, 0.2) is 0 Å². The van der Waals surface area contributed by atoms with Crippen LogP contribution in [0.15, 0.2) is 24.3 Å². The molecule has 0 aromatic heterocycles. The SMILES string of the molecule is COc1ccc(C(=O)NC(C(=O)N2CCCC2)C(C)C)cc1. The van der Waals surface area contributed by atoms with Crippen LogP contribution in [0.5, 0.6) is 5.75 Å². The van der Waals surface area contributed by atoms with Crippen molar-refractivity contribution in [1.82, 2.24) is 10.2 Å². The Morgan fingerprint density at radius 3 is 2.23 bits per heavy atom. The molecule has 1 unspecified atom stereocenters. The number of ether oxygens (including phenoxy) is 1. The van der Waals surface area contributed by atoms with Gasteiger partial charge in [-0.25, -0.2) is 0 Å². The zero-order valence-electron chi connectivity index (χ0n) is 13.5. The molecule has 1 fully saturated rings. The van der Waals surface area contributed by atoms with Gasteiger partial charge >= 0.3 is 0 Å². The molecule has 0 aliphatic carbocycles. The van der Waals surface area contributed by atoms with E-state index in [0.717, 1.165) is 25.9 Å². The van der Waals surface area contributed by atoms with Gasteiger partial charge in [0, 0.05) is 18.7 Å². The molecule has 0 radical (unpaired) electrons. The second-order valence-electron chi connectivity index (χ2n) is 5.96. The molecule has 1 atom stereocenters. The monoisotopic (exact) mass is 304 g/mol. The number of hydrogen-bond acceptors (Lipinski definition) is 3. The molecule has 2 amide bonds. The van der Waals surface area contributed by atoms with E-state index >= 15 is 0 Å². The molecular formula is C17H24N2O3. The molecule has 1 aromatic rings. The fourth-order valence-corrected chi connectivity index (χ4v) is 2.61. The lowest BCUT2D eigenvalue weighted by Crippen LogP contribution is -2.50. The number of amides is 2. The zero-order valence-corrected chi connectivity index (χ0v) is 13.5. The van der Waals surface area contributed by atoms with Crippen LogP contribution in [0.1, 0.15) is 37.0 Å². The fourth-order valence-electron chi connectivity index (χ4n) is 2.61. The molecule has 5 nitrogen and oxygen atoms in total. The first-order valence-corrected chi connectivity index (χ1v) is 7.76. The summed E-state index contributed by atoms with van der Waals surface area (Å²) in [6.07, 6.45) is 2.09. The molecule has 1 aromatic carbocycles. The first-order chi connectivity index (χ1) is 10.5. The highest BCUT2D eigenvalue weighted by Crippen LogP contribution is 2.15. The van der Waals surface area contributed by atoms with Crippen LogP contribution in [0, 0.1) is 5.92 Å². The standard InChI is InChI=1S/C17H24N2O3/c1-12(2)15(17(21)19-10-4-5-11-19)18-16(20)13-6-8-14(22-3)9-7-13/h6-9,12,15H,4-5,10-11H2,1-3H3,(H,18,20). The van der Waals surface area contributed by atoms with Crippen molar-refractivity contribution in [1.29, 1.82) is 0 Å². The number of likely N-dealkylation sites (tertiary alicyclic amines) is 1. The summed E-state index contributed by atoms with van der Waals surface area (Å²) in [6, 6.07) is 6.40. The summed E-state index contributed by atoms with van der Waals surface area (Å²) in [5, 5.41) is 2.88. The van der Waals surface area contributed by atoms with Gasteiger partial charge in [0.2, 0.25) is 5.91 Å². The number of carbonyl (C=O) groups is 2. The minimum Gasteiger partial charge on any atom is -0.497 e. The summed E-state index contributed by atoms with van der Waals surface area (Å²) in [4.78, 5) is 26.7. The molecule has 1 heterocycles. The third kappa shape index (κ3) is 3.78. The van der Waals surface area contributed by atoms with E-state index in [1.54, 1.807) is 31.4 Å². The lowest BCUT2D eigenvalue weighted by Gasteiger charge is -2.26. The number of hydrogen-bond donors (Lipinski definition) is 1. The Morgan fingerprint density at radius 1 is 1.14 bits per heavy atom. The molecule has 0 spiro atoms. The third-order valence-electron chi connectivity index (χ3n) is 3.99. The van der Waals surface area contributed by atoms with Crippen LogP contribution in [0.25, 0.3) is 0 Å². The van der Waals surface area contributed by atoms with Gasteiger partial charge in [-0.2, -0.15) is 0 Å². The van der Waals surface area contributed by atoms with Gasteiger partial charge in [-0.1, -0.05) is 13.8 Å². The predicted octanol–water partition coefficient (Wildman–Crippen LogP) is 2.07. The van der Waals surface area contributed by atoms with Crippen molar-refractivity contribution in [3.05, 3.63) is 29.8 Å². The lowest BCUT2D eigenvalue weighted by molar-refractivity contribution is -0.133. The zero-order chi connectivity index (χ0) is 16.1. The first-order valence-electron chi connectivity index (χ1n) is 7.76. The maximum atomic E-state index is 12.5. The molecule has 2 rings (SSSR count). The second kappa shape index (κ2) is 7.29. The topological polar surface area (TPSA) is 58.6 Å².